The molecule has 4 rings (SSSR count). The van der Waals surface area contributed by atoms with Crippen molar-refractivity contribution in [2.45, 2.75) is 39.3 Å². The summed E-state index contributed by atoms with van der Waals surface area (Å²) in [5.41, 5.74) is 3.03. The van der Waals surface area contributed by atoms with Crippen molar-refractivity contribution in [2.75, 3.05) is 44.2 Å². The fourth-order valence-electron chi connectivity index (χ4n) is 4.74. The van der Waals surface area contributed by atoms with E-state index in [-0.39, 0.29) is 11.8 Å². The Bertz CT molecular complexity index is 987. The largest absolute Gasteiger partial charge is 0.348 e. The Morgan fingerprint density at radius 3 is 2.60 bits per heavy atom. The van der Waals surface area contributed by atoms with Crippen molar-refractivity contribution < 1.29 is 13.2 Å². The first-order valence-corrected chi connectivity index (χ1v) is 13.4. The zero-order chi connectivity index (χ0) is 21.3. The minimum Gasteiger partial charge on any atom is -0.348 e. The molecule has 0 spiro atoms. The Labute approximate surface area is 183 Å². The van der Waals surface area contributed by atoms with E-state index in [1.807, 2.05) is 13.0 Å². The minimum atomic E-state index is -2.85. The molecule has 2 fully saturated rings. The van der Waals surface area contributed by atoms with Crippen LogP contribution >= 0.6 is 11.3 Å². The van der Waals surface area contributed by atoms with Gasteiger partial charge in [-0.1, -0.05) is 6.07 Å². The molecule has 0 N–H and O–H groups in total. The van der Waals surface area contributed by atoms with E-state index in [2.05, 4.69) is 38.8 Å². The summed E-state index contributed by atoms with van der Waals surface area (Å²) < 4.78 is 25.7. The van der Waals surface area contributed by atoms with Crippen molar-refractivity contribution >= 4 is 27.0 Å². The third-order valence-electron chi connectivity index (χ3n) is 6.53. The number of piperazine rings is 1. The number of carbonyl (C=O) groups excluding carboxylic acids is 1. The summed E-state index contributed by atoms with van der Waals surface area (Å²) in [6, 6.07) is 6.43. The molecular formula is C22H31N3O3S2. The maximum atomic E-state index is 13.0. The molecule has 2 aliphatic heterocycles. The highest BCUT2D eigenvalue weighted by molar-refractivity contribution is 7.91. The summed E-state index contributed by atoms with van der Waals surface area (Å²) in [4.78, 5) is 18.9. The first kappa shape index (κ1) is 21.7. The maximum Gasteiger partial charge on any atom is 0.178 e. The Kier molecular flexibility index (Phi) is 6.48. The first-order valence-electron chi connectivity index (χ1n) is 10.7. The lowest BCUT2D eigenvalue weighted by Crippen LogP contribution is -2.51. The number of ketones is 1. The monoisotopic (exact) mass is 449 g/mol. The van der Waals surface area contributed by atoms with Crippen LogP contribution in [-0.2, 0) is 22.8 Å². The van der Waals surface area contributed by atoms with Gasteiger partial charge in [0.25, 0.3) is 0 Å². The molecule has 0 radical (unpaired) electrons. The SMILES string of the molecule is Cc1cc(C(=O)CN2CCN(C3CCS(=O)(=O)C3)CC2)c(C)n1CCc1cccs1. The Morgan fingerprint density at radius 1 is 1.20 bits per heavy atom. The fourth-order valence-corrected chi connectivity index (χ4v) is 7.20. The van der Waals surface area contributed by atoms with Gasteiger partial charge >= 0.3 is 0 Å². The lowest BCUT2D eigenvalue weighted by molar-refractivity contribution is 0.0795. The normalized spacial score (nSPS) is 22.5. The molecule has 0 amide bonds. The fraction of sp³-hybridized carbons (Fsp3) is 0.591. The second-order valence-corrected chi connectivity index (χ2v) is 11.8. The van der Waals surface area contributed by atoms with Crippen LogP contribution in [-0.4, -0.2) is 78.8 Å². The molecule has 0 aliphatic carbocycles. The van der Waals surface area contributed by atoms with Crippen LogP contribution in [0.4, 0.5) is 0 Å². The van der Waals surface area contributed by atoms with Gasteiger partial charge in [-0.25, -0.2) is 8.42 Å². The van der Waals surface area contributed by atoms with E-state index in [4.69, 9.17) is 0 Å². The van der Waals surface area contributed by atoms with Crippen LogP contribution in [0.5, 0.6) is 0 Å². The van der Waals surface area contributed by atoms with Crippen LogP contribution in [0, 0.1) is 13.8 Å². The summed E-state index contributed by atoms with van der Waals surface area (Å²) >= 11 is 1.78. The van der Waals surface area contributed by atoms with Crippen LogP contribution in [0.25, 0.3) is 0 Å². The van der Waals surface area contributed by atoms with Crippen molar-refractivity contribution in [1.29, 1.82) is 0 Å². The molecule has 0 saturated carbocycles. The molecular weight excluding hydrogens is 418 g/mol. The molecule has 2 aliphatic rings. The maximum absolute atomic E-state index is 13.0. The first-order chi connectivity index (χ1) is 14.3. The highest BCUT2D eigenvalue weighted by atomic mass is 32.2. The summed E-state index contributed by atoms with van der Waals surface area (Å²) in [5, 5.41) is 2.10. The van der Waals surface area contributed by atoms with E-state index in [1.54, 1.807) is 11.3 Å². The highest BCUT2D eigenvalue weighted by Crippen LogP contribution is 2.21. The van der Waals surface area contributed by atoms with Gasteiger partial charge in [0.05, 0.1) is 18.1 Å². The van der Waals surface area contributed by atoms with E-state index >= 15 is 0 Å². The topological polar surface area (TPSA) is 62.6 Å². The summed E-state index contributed by atoms with van der Waals surface area (Å²) in [7, 11) is -2.85. The van der Waals surface area contributed by atoms with Crippen molar-refractivity contribution in [2.24, 2.45) is 0 Å². The van der Waals surface area contributed by atoms with Gasteiger partial charge in [0, 0.05) is 60.6 Å². The van der Waals surface area contributed by atoms with Crippen molar-refractivity contribution in [1.82, 2.24) is 14.4 Å². The van der Waals surface area contributed by atoms with Crippen molar-refractivity contribution in [3.63, 3.8) is 0 Å². The number of Topliss-reactive ketones (excluding diaryl/α,β-unsaturated/α-hetero) is 1. The molecule has 6 nitrogen and oxygen atoms in total. The van der Waals surface area contributed by atoms with Crippen LogP contribution in [0.2, 0.25) is 0 Å². The predicted octanol–water partition coefficient (Wildman–Crippen LogP) is 2.40. The Balaban J connectivity index is 1.32. The van der Waals surface area contributed by atoms with Gasteiger partial charge in [0.2, 0.25) is 0 Å². The number of rotatable bonds is 7. The lowest BCUT2D eigenvalue weighted by Gasteiger charge is -2.37. The Hall–Kier alpha value is -1.48. The molecule has 0 aromatic carbocycles. The molecule has 1 atom stereocenters. The molecule has 2 aromatic rings. The second-order valence-electron chi connectivity index (χ2n) is 8.56. The van der Waals surface area contributed by atoms with Gasteiger partial charge in [0.15, 0.2) is 15.6 Å². The predicted molar refractivity (Wildman–Crippen MR) is 121 cm³/mol. The summed E-state index contributed by atoms with van der Waals surface area (Å²) in [5.74, 6) is 0.796. The number of carbonyl (C=O) groups is 1. The van der Waals surface area contributed by atoms with Crippen LogP contribution in [0.3, 0.4) is 0 Å². The molecule has 0 bridgehead atoms. The third kappa shape index (κ3) is 4.88. The van der Waals surface area contributed by atoms with Gasteiger partial charge in [-0.05, 0) is 44.2 Å². The number of nitrogens with zero attached hydrogens (tertiary/aromatic N) is 3. The van der Waals surface area contributed by atoms with E-state index in [1.165, 1.54) is 4.88 Å². The lowest BCUT2D eigenvalue weighted by atomic mass is 10.1. The molecule has 2 aromatic heterocycles. The smallest absolute Gasteiger partial charge is 0.178 e. The number of aryl methyl sites for hydroxylation is 2. The minimum absolute atomic E-state index is 0.162. The van der Waals surface area contributed by atoms with Crippen LogP contribution < -0.4 is 0 Å². The summed E-state index contributed by atoms with van der Waals surface area (Å²) in [6.45, 7) is 8.78. The van der Waals surface area contributed by atoms with Gasteiger partial charge < -0.3 is 4.57 Å². The molecule has 164 valence electrons. The number of thiophene rings is 1. The molecule has 8 heteroatoms. The van der Waals surface area contributed by atoms with Crippen LogP contribution in [0.1, 0.15) is 33.0 Å². The number of aromatic nitrogens is 1. The zero-order valence-electron chi connectivity index (χ0n) is 17.8. The van der Waals surface area contributed by atoms with E-state index in [9.17, 15) is 13.2 Å². The third-order valence-corrected chi connectivity index (χ3v) is 9.22. The van der Waals surface area contributed by atoms with E-state index in [0.29, 0.717) is 18.1 Å². The molecule has 2 saturated heterocycles. The number of hydrogen-bond acceptors (Lipinski definition) is 6. The van der Waals surface area contributed by atoms with Crippen LogP contribution in [0.15, 0.2) is 23.6 Å². The second kappa shape index (κ2) is 8.94. The number of hydrogen-bond donors (Lipinski definition) is 0. The van der Waals surface area contributed by atoms with Crippen molar-refractivity contribution in [3.8, 4) is 0 Å². The van der Waals surface area contributed by atoms with E-state index < -0.39 is 9.84 Å². The highest BCUT2D eigenvalue weighted by Gasteiger charge is 2.34. The number of sulfone groups is 1. The Morgan fingerprint density at radius 2 is 1.97 bits per heavy atom. The molecule has 1 unspecified atom stereocenters. The van der Waals surface area contributed by atoms with Crippen molar-refractivity contribution in [3.05, 3.63) is 45.4 Å². The standard InChI is InChI=1S/C22H31N3O3S2/c1-17-14-21(18(2)25(17)7-5-20-4-3-12-29-20)22(26)15-23-8-10-24(11-9-23)19-6-13-30(27,28)16-19/h3-4,12,14,19H,5-11,13,15-16H2,1-2H3. The van der Waals surface area contributed by atoms with E-state index in [0.717, 1.165) is 62.5 Å². The van der Waals surface area contributed by atoms with Gasteiger partial charge in [-0.15, -0.1) is 11.3 Å². The zero-order valence-corrected chi connectivity index (χ0v) is 19.5. The van der Waals surface area contributed by atoms with Gasteiger partial charge in [-0.3, -0.25) is 14.6 Å². The van der Waals surface area contributed by atoms with Gasteiger partial charge in [-0.2, -0.15) is 0 Å². The quantitative estimate of drug-likeness (QED) is 0.608. The van der Waals surface area contributed by atoms with Gasteiger partial charge in [0.1, 0.15) is 0 Å². The summed E-state index contributed by atoms with van der Waals surface area (Å²) in [6.07, 6.45) is 1.74. The average molecular weight is 450 g/mol. The molecule has 4 heterocycles. The average Bonchev–Trinajstić information content (AvgIpc) is 3.41. The molecule has 30 heavy (non-hydrogen) atoms.